The first-order valence-electron chi connectivity index (χ1n) is 16.7. The zero-order valence-electron chi connectivity index (χ0n) is 29.2. The van der Waals surface area contributed by atoms with E-state index in [0.717, 1.165) is 42.1 Å². The zero-order valence-corrected chi connectivity index (χ0v) is 30.1. The normalized spacial score (nSPS) is 16.0. The maximum Gasteiger partial charge on any atom is 0.230 e. The van der Waals surface area contributed by atoms with Crippen molar-refractivity contribution in [3.05, 3.63) is 66.1 Å². The number of carbonyl (C=O) groups excluding carboxylic acids is 1. The number of aromatic nitrogens is 4. The van der Waals surface area contributed by atoms with Crippen molar-refractivity contribution >= 4 is 41.4 Å². The van der Waals surface area contributed by atoms with Gasteiger partial charge in [0.25, 0.3) is 0 Å². The van der Waals surface area contributed by atoms with Crippen LogP contribution in [0.2, 0.25) is 0 Å². The summed E-state index contributed by atoms with van der Waals surface area (Å²) in [6.45, 7) is 20.2. The van der Waals surface area contributed by atoms with Gasteiger partial charge in [0.15, 0.2) is 17.5 Å². The number of hydrogen-bond donors (Lipinski definition) is 3. The molecule has 0 aliphatic carbocycles. The van der Waals surface area contributed by atoms with Gasteiger partial charge in [0.05, 0.1) is 41.2 Å². The highest BCUT2D eigenvalue weighted by molar-refractivity contribution is 7.78. The Morgan fingerprint density at radius 3 is 2.58 bits per heavy atom. The molecule has 4 aromatic rings. The molecule has 1 fully saturated rings. The summed E-state index contributed by atoms with van der Waals surface area (Å²) >= 11 is 0. The Morgan fingerprint density at radius 2 is 1.83 bits per heavy atom. The van der Waals surface area contributed by atoms with Gasteiger partial charge in [0, 0.05) is 43.6 Å². The summed E-state index contributed by atoms with van der Waals surface area (Å²) in [6.07, 6.45) is 6.05. The van der Waals surface area contributed by atoms with E-state index >= 15 is 0 Å². The Bertz CT molecular complexity index is 1720. The lowest BCUT2D eigenvalue weighted by Gasteiger charge is -2.50. The van der Waals surface area contributed by atoms with Gasteiger partial charge < -0.3 is 15.4 Å². The molecule has 1 atom stereocenters. The van der Waals surface area contributed by atoms with Gasteiger partial charge in [-0.2, -0.15) is 5.10 Å². The predicted octanol–water partition coefficient (Wildman–Crippen LogP) is 8.38. The largest absolute Gasteiger partial charge is 0.494 e. The smallest absolute Gasteiger partial charge is 0.230 e. The monoisotopic (exact) mass is 680 g/mol. The molecule has 12 heteroatoms. The third-order valence-corrected chi connectivity index (χ3v) is 17.2. The lowest BCUT2D eigenvalue weighted by Crippen LogP contribution is -2.45. The Morgan fingerprint density at radius 1 is 1.06 bits per heavy atom. The van der Waals surface area contributed by atoms with Gasteiger partial charge in [-0.05, 0) is 91.5 Å². The summed E-state index contributed by atoms with van der Waals surface area (Å²) in [5.41, 5.74) is 0.996. The van der Waals surface area contributed by atoms with Crippen molar-refractivity contribution in [2.45, 2.75) is 89.7 Å². The van der Waals surface area contributed by atoms with Crippen molar-refractivity contribution < 1.29 is 18.3 Å². The van der Waals surface area contributed by atoms with Gasteiger partial charge in [-0.15, -0.1) is 0 Å². The fourth-order valence-electron chi connectivity index (χ4n) is 6.99. The number of nitrogens with one attached hydrogen (secondary N) is 3. The fourth-order valence-corrected chi connectivity index (χ4v) is 12.4. The molecule has 48 heavy (non-hydrogen) atoms. The van der Waals surface area contributed by atoms with Crippen LogP contribution in [0.25, 0.3) is 10.9 Å². The number of unbranched alkanes of at least 4 members (excludes halogenated alkanes) is 1. The summed E-state index contributed by atoms with van der Waals surface area (Å²) in [4.78, 5) is 24.0. The molecule has 0 bridgehead atoms. The highest BCUT2D eigenvalue weighted by atomic mass is 31.2. The molecule has 3 N–H and O–H groups in total. The van der Waals surface area contributed by atoms with Crippen LogP contribution in [0.4, 0.5) is 26.1 Å². The van der Waals surface area contributed by atoms with Crippen LogP contribution in [0.1, 0.15) is 72.9 Å². The fraction of sp³-hybridized carbons (Fsp3) is 0.500. The van der Waals surface area contributed by atoms with Crippen molar-refractivity contribution in [2.75, 3.05) is 37.0 Å². The van der Waals surface area contributed by atoms with E-state index in [2.05, 4.69) is 83.9 Å². The lowest BCUT2D eigenvalue weighted by atomic mass is 10.2. The second-order valence-corrected chi connectivity index (χ2v) is 20.2. The minimum absolute atomic E-state index is 0.108. The zero-order chi connectivity index (χ0) is 34.7. The van der Waals surface area contributed by atoms with E-state index in [1.807, 2.05) is 18.2 Å². The van der Waals surface area contributed by atoms with Crippen LogP contribution >= 0.6 is 7.26 Å². The number of halogens is 2. The summed E-state index contributed by atoms with van der Waals surface area (Å²) in [5, 5.41) is 14.0. The molecule has 0 radical (unpaired) electrons. The number of rotatable bonds is 12. The molecule has 1 saturated heterocycles. The lowest BCUT2D eigenvalue weighted by molar-refractivity contribution is -0.115. The predicted molar refractivity (Wildman–Crippen MR) is 192 cm³/mol. The van der Waals surface area contributed by atoms with Crippen molar-refractivity contribution in [3.8, 4) is 5.75 Å². The average Bonchev–Trinajstić information content (AvgIpc) is 3.67. The van der Waals surface area contributed by atoms with Crippen LogP contribution in [0.3, 0.4) is 0 Å². The number of amides is 1. The molecule has 5 rings (SSSR count). The first kappa shape index (κ1) is 35.6. The van der Waals surface area contributed by atoms with Crippen molar-refractivity contribution in [3.63, 3.8) is 0 Å². The van der Waals surface area contributed by atoms with Gasteiger partial charge in [0.2, 0.25) is 5.91 Å². The summed E-state index contributed by atoms with van der Waals surface area (Å²) < 4.78 is 33.5. The molecule has 0 saturated carbocycles. The Hall–Kier alpha value is -3.69. The first-order chi connectivity index (χ1) is 22.7. The third-order valence-electron chi connectivity index (χ3n) is 9.88. The third kappa shape index (κ3) is 7.78. The van der Waals surface area contributed by atoms with Gasteiger partial charge in [-0.1, -0.05) is 6.07 Å². The van der Waals surface area contributed by atoms with E-state index in [1.54, 1.807) is 6.07 Å². The van der Waals surface area contributed by atoms with Crippen molar-refractivity contribution in [1.29, 1.82) is 0 Å². The minimum atomic E-state index is -1.28. The molecule has 1 aliphatic heterocycles. The van der Waals surface area contributed by atoms with Crippen LogP contribution in [0, 0.1) is 11.6 Å². The molecular formula is C36H49F2N7O2P+. The first-order valence-corrected chi connectivity index (χ1v) is 19.0. The highest BCUT2D eigenvalue weighted by Crippen LogP contribution is 2.78. The van der Waals surface area contributed by atoms with E-state index in [1.165, 1.54) is 37.8 Å². The second kappa shape index (κ2) is 14.4. The summed E-state index contributed by atoms with van der Waals surface area (Å²) in [5.74, 6) is -0.201. The standard InChI is InChI=1S/C36H48F2N7O2P/c1-35(2,3)48(7,36(4,5)6)32-14-11-18-45(32)17-8-9-19-47-25-15-16-26-29(22-25)39-23-40-34(26)42-30-20-24(43-44-30)21-31(46)41-28-13-10-12-27(37)33(28)38/h10,12-13,15-16,20,22-23,32H,8-9,11,14,17-19,21H2,1-7H3,(H2-,39,40,41,42,43,44,46)/p+1/t32-/m0/s1. The molecule has 0 spiro atoms. The number of likely N-dealkylation sites (tertiary alicyclic amines) is 1. The molecule has 2 aromatic carbocycles. The number of aromatic amines is 1. The molecular weight excluding hydrogens is 631 g/mol. The average molecular weight is 681 g/mol. The van der Waals surface area contributed by atoms with E-state index in [0.29, 0.717) is 40.0 Å². The summed E-state index contributed by atoms with van der Waals surface area (Å²) in [7, 11) is -1.28. The van der Waals surface area contributed by atoms with Crippen molar-refractivity contribution in [2.24, 2.45) is 0 Å². The van der Waals surface area contributed by atoms with Gasteiger partial charge in [-0.3, -0.25) is 14.8 Å². The number of carbonyl (C=O) groups is 1. The van der Waals surface area contributed by atoms with Crippen LogP contribution in [0.5, 0.6) is 5.75 Å². The highest BCUT2D eigenvalue weighted by Gasteiger charge is 2.61. The van der Waals surface area contributed by atoms with Crippen LogP contribution in [0.15, 0.2) is 48.8 Å². The Labute approximate surface area is 283 Å². The number of ether oxygens (including phenoxy) is 1. The molecule has 1 amide bonds. The minimum Gasteiger partial charge on any atom is -0.494 e. The van der Waals surface area contributed by atoms with Crippen LogP contribution in [-0.2, 0) is 11.2 Å². The molecule has 9 nitrogen and oxygen atoms in total. The van der Waals surface area contributed by atoms with E-state index in [-0.39, 0.29) is 12.1 Å². The molecule has 2 aromatic heterocycles. The molecule has 258 valence electrons. The molecule has 1 aliphatic rings. The van der Waals surface area contributed by atoms with Gasteiger partial charge >= 0.3 is 0 Å². The van der Waals surface area contributed by atoms with Gasteiger partial charge in [0.1, 0.15) is 23.7 Å². The number of benzene rings is 2. The Balaban J connectivity index is 1.13. The number of H-pyrrole nitrogens is 1. The topological polar surface area (TPSA) is 108 Å². The number of hydrogen-bond acceptors (Lipinski definition) is 7. The van der Waals surface area contributed by atoms with E-state index in [4.69, 9.17) is 4.74 Å². The SMILES string of the molecule is CC(C)(C)[P+](C)([C@H]1CCCN1CCCCOc1ccc2c(Nc3cc(CC(=O)Nc4cccc(F)c4F)[nH]n3)ncnc2c1)C(C)(C)C. The molecule has 3 heterocycles. The Kier molecular flexibility index (Phi) is 10.7. The maximum atomic E-state index is 13.9. The summed E-state index contributed by atoms with van der Waals surface area (Å²) in [6, 6.07) is 11.0. The second-order valence-electron chi connectivity index (χ2n) is 14.8. The quantitative estimate of drug-likeness (QED) is 0.102. The van der Waals surface area contributed by atoms with Gasteiger partial charge in [-0.25, -0.2) is 18.7 Å². The van der Waals surface area contributed by atoms with Crippen LogP contribution < -0.4 is 15.4 Å². The van der Waals surface area contributed by atoms with Crippen molar-refractivity contribution in [1.82, 2.24) is 25.1 Å². The number of nitrogens with zero attached hydrogens (tertiary/aromatic N) is 4. The van der Waals surface area contributed by atoms with E-state index in [9.17, 15) is 13.6 Å². The van der Waals surface area contributed by atoms with Crippen LogP contribution in [-0.4, -0.2) is 73.4 Å². The number of anilines is 3. The molecule has 0 unspecified atom stereocenters. The maximum absolute atomic E-state index is 13.9. The van der Waals surface area contributed by atoms with E-state index < -0.39 is 24.8 Å². The number of fused-ring (bicyclic) bond motifs is 1.